The monoisotopic (exact) mass is 308 g/mol. The quantitative estimate of drug-likeness (QED) is 0.648. The summed E-state index contributed by atoms with van der Waals surface area (Å²) in [5.41, 5.74) is -0.0376. The highest BCUT2D eigenvalue weighted by atomic mass is 31.0. The van der Waals surface area contributed by atoms with Crippen molar-refractivity contribution >= 4 is 20.0 Å². The summed E-state index contributed by atoms with van der Waals surface area (Å²) in [6.45, 7) is 1.73. The van der Waals surface area contributed by atoms with Crippen LogP contribution in [0.3, 0.4) is 0 Å². The fraction of sp³-hybridized carbons (Fsp3) is 0.667. The van der Waals surface area contributed by atoms with Crippen LogP contribution >= 0.6 is 8.86 Å². The number of fused-ring (bicyclic) bond motifs is 3. The Labute approximate surface area is 126 Å². The first-order valence-electron chi connectivity index (χ1n) is 7.56. The van der Waals surface area contributed by atoms with Crippen molar-refractivity contribution in [3.8, 4) is 5.75 Å². The first-order chi connectivity index (χ1) is 9.99. The maximum atomic E-state index is 11.4. The third-order valence-corrected chi connectivity index (χ3v) is 5.52. The Bertz CT molecular complexity index is 627. The predicted molar refractivity (Wildman–Crippen MR) is 86.7 cm³/mol. The molecular weight excluding hydrogens is 287 g/mol. The molecule has 0 aromatic heterocycles. The van der Waals surface area contributed by atoms with Crippen LogP contribution in [-0.4, -0.2) is 41.6 Å². The number of anilines is 1. The summed E-state index contributed by atoms with van der Waals surface area (Å²) >= 11 is 0. The summed E-state index contributed by atoms with van der Waals surface area (Å²) in [7, 11) is 5.48. The number of hydrogen-bond donors (Lipinski definition) is 1. The minimum atomic E-state index is -0.771. The van der Waals surface area contributed by atoms with Gasteiger partial charge in [-0.3, -0.25) is 14.5 Å². The molecule has 0 unspecified atom stereocenters. The molecule has 5 nitrogen and oxygen atoms in total. The van der Waals surface area contributed by atoms with Crippen LogP contribution in [0.4, 0.5) is 5.69 Å². The Morgan fingerprint density at radius 3 is 2.48 bits per heavy atom. The van der Waals surface area contributed by atoms with E-state index in [0.29, 0.717) is 12.6 Å². The van der Waals surface area contributed by atoms with Gasteiger partial charge in [-0.2, -0.15) is 0 Å². The average molecular weight is 308 g/mol. The van der Waals surface area contributed by atoms with Crippen molar-refractivity contribution in [2.75, 3.05) is 25.0 Å². The van der Waals surface area contributed by atoms with E-state index in [-0.39, 0.29) is 5.69 Å². The summed E-state index contributed by atoms with van der Waals surface area (Å²) in [4.78, 5) is 26.6. The molecule has 1 N–H and O–H groups in total. The number of rotatable bonds is 5. The lowest BCUT2D eigenvalue weighted by Gasteiger charge is -2.46. The van der Waals surface area contributed by atoms with Crippen molar-refractivity contribution < 1.29 is 5.11 Å². The molecule has 2 heterocycles. The van der Waals surface area contributed by atoms with Crippen molar-refractivity contribution in [3.63, 3.8) is 0 Å². The predicted octanol–water partition coefficient (Wildman–Crippen LogP) is 0.962. The summed E-state index contributed by atoms with van der Waals surface area (Å²) in [6.07, 6.45) is 6.01. The van der Waals surface area contributed by atoms with Gasteiger partial charge in [0.2, 0.25) is 0 Å². The molecule has 1 aliphatic carbocycles. The Hall–Kier alpha value is -1.19. The molecule has 1 saturated carbocycles. The zero-order valence-electron chi connectivity index (χ0n) is 12.3. The largest absolute Gasteiger partial charge is 0.502 e. The van der Waals surface area contributed by atoms with E-state index in [0.717, 1.165) is 24.3 Å². The molecular formula is C15H21N2O3P. The normalized spacial score (nSPS) is 25.4. The highest BCUT2D eigenvalue weighted by Gasteiger charge is 2.35. The average Bonchev–Trinajstić information content (AvgIpc) is 2.53. The van der Waals surface area contributed by atoms with Crippen LogP contribution in [0.2, 0.25) is 0 Å². The van der Waals surface area contributed by atoms with Gasteiger partial charge in [-0.05, 0) is 31.6 Å². The molecule has 2 aliphatic heterocycles. The molecule has 0 spiro atoms. The van der Waals surface area contributed by atoms with E-state index in [1.54, 1.807) is 11.9 Å². The van der Waals surface area contributed by atoms with Gasteiger partial charge >= 0.3 is 0 Å². The molecule has 114 valence electrons. The third-order valence-electron chi connectivity index (χ3n) is 4.99. The summed E-state index contributed by atoms with van der Waals surface area (Å²) in [5.74, 6) is 0.423. The lowest BCUT2D eigenvalue weighted by Crippen LogP contribution is -2.50. The van der Waals surface area contributed by atoms with E-state index in [2.05, 4.69) is 13.8 Å². The Morgan fingerprint density at radius 1 is 1.29 bits per heavy atom. The number of nitrogens with zero attached hydrogens (tertiary/aromatic N) is 2. The SMILES string of the molecule is CN(CCC(=P)N1CC2CCC1CC2)c1c(O)c(=O)c1=O. The van der Waals surface area contributed by atoms with E-state index in [1.807, 2.05) is 0 Å². The Kier molecular flexibility index (Phi) is 3.89. The molecule has 0 radical (unpaired) electrons. The van der Waals surface area contributed by atoms with E-state index in [4.69, 9.17) is 0 Å². The molecule has 1 aromatic carbocycles. The molecule has 1 aromatic rings. The van der Waals surface area contributed by atoms with E-state index < -0.39 is 16.6 Å². The second-order valence-corrected chi connectivity index (χ2v) is 6.88. The highest BCUT2D eigenvalue weighted by molar-refractivity contribution is 7.20. The fourth-order valence-electron chi connectivity index (χ4n) is 3.65. The zero-order chi connectivity index (χ0) is 15.1. The maximum absolute atomic E-state index is 11.4. The smallest absolute Gasteiger partial charge is 0.271 e. The second kappa shape index (κ2) is 5.54. The van der Waals surface area contributed by atoms with Gasteiger partial charge < -0.3 is 10.0 Å². The standard InChI is InChI=1S/C15H21N2O3P/c1-16(12-13(18)15(20)14(12)19)7-6-11(21)17-8-9-2-4-10(17)5-3-9/h9-10,18,21H,2-8H2,1H3. The van der Waals surface area contributed by atoms with Crippen LogP contribution in [0, 0.1) is 5.92 Å². The van der Waals surface area contributed by atoms with Crippen LogP contribution < -0.4 is 15.8 Å². The topological polar surface area (TPSA) is 60.9 Å². The van der Waals surface area contributed by atoms with Crippen LogP contribution in [0.5, 0.6) is 5.75 Å². The lowest BCUT2D eigenvalue weighted by molar-refractivity contribution is 0.110. The van der Waals surface area contributed by atoms with Crippen molar-refractivity contribution in [3.05, 3.63) is 20.4 Å². The van der Waals surface area contributed by atoms with Crippen molar-refractivity contribution in [1.29, 1.82) is 0 Å². The van der Waals surface area contributed by atoms with Crippen LogP contribution in [0.1, 0.15) is 32.1 Å². The summed E-state index contributed by atoms with van der Waals surface area (Å²) < 4.78 is 0. The first-order valence-corrected chi connectivity index (χ1v) is 8.06. The minimum Gasteiger partial charge on any atom is -0.502 e. The van der Waals surface area contributed by atoms with E-state index in [9.17, 15) is 14.7 Å². The van der Waals surface area contributed by atoms with Crippen LogP contribution in [0.25, 0.3) is 0 Å². The maximum Gasteiger partial charge on any atom is 0.271 e. The van der Waals surface area contributed by atoms with Gasteiger partial charge in [0.15, 0.2) is 5.75 Å². The molecule has 4 rings (SSSR count). The first kappa shape index (κ1) is 14.7. The Morgan fingerprint density at radius 2 is 1.95 bits per heavy atom. The molecule has 0 atom stereocenters. The van der Waals surface area contributed by atoms with Crippen molar-refractivity contribution in [2.45, 2.75) is 38.1 Å². The van der Waals surface area contributed by atoms with Crippen LogP contribution in [0.15, 0.2) is 9.59 Å². The number of aromatic hydroxyl groups is 1. The third kappa shape index (κ3) is 2.53. The summed E-state index contributed by atoms with van der Waals surface area (Å²) in [6, 6.07) is 0.646. The molecule has 3 aliphatic rings. The molecule has 2 saturated heterocycles. The Balaban J connectivity index is 1.57. The van der Waals surface area contributed by atoms with Gasteiger partial charge in [-0.15, -0.1) is 8.86 Å². The van der Waals surface area contributed by atoms with Crippen molar-refractivity contribution in [2.24, 2.45) is 5.92 Å². The number of piperidine rings is 2. The number of hydrogen-bond acceptors (Lipinski definition) is 4. The van der Waals surface area contributed by atoms with Gasteiger partial charge in [-0.25, -0.2) is 0 Å². The molecule has 21 heavy (non-hydrogen) atoms. The van der Waals surface area contributed by atoms with Gasteiger partial charge in [-0.1, -0.05) is 0 Å². The molecule has 3 fully saturated rings. The second-order valence-electron chi connectivity index (χ2n) is 6.30. The van der Waals surface area contributed by atoms with Gasteiger partial charge in [0.1, 0.15) is 5.69 Å². The van der Waals surface area contributed by atoms with Gasteiger partial charge in [0, 0.05) is 38.0 Å². The van der Waals surface area contributed by atoms with E-state index in [1.165, 1.54) is 25.7 Å². The van der Waals surface area contributed by atoms with Gasteiger partial charge in [0.05, 0.1) is 0 Å². The van der Waals surface area contributed by atoms with Gasteiger partial charge in [0.25, 0.3) is 10.9 Å². The summed E-state index contributed by atoms with van der Waals surface area (Å²) in [5, 5.41) is 9.46. The van der Waals surface area contributed by atoms with E-state index >= 15 is 0 Å². The van der Waals surface area contributed by atoms with Crippen LogP contribution in [-0.2, 0) is 0 Å². The molecule has 6 heteroatoms. The fourth-order valence-corrected chi connectivity index (χ4v) is 4.03. The molecule has 0 amide bonds. The molecule has 2 bridgehead atoms. The van der Waals surface area contributed by atoms with Crippen molar-refractivity contribution in [1.82, 2.24) is 4.90 Å². The highest BCUT2D eigenvalue weighted by Crippen LogP contribution is 2.35. The zero-order valence-corrected chi connectivity index (χ0v) is 13.3. The minimum absolute atomic E-state index is 0.152. The lowest BCUT2D eigenvalue weighted by atomic mass is 9.80.